The third-order valence-corrected chi connectivity index (χ3v) is 6.02. The summed E-state index contributed by atoms with van der Waals surface area (Å²) >= 11 is 6.08. The number of nitrogen functional groups attached to an aromatic ring is 1. The third-order valence-electron chi connectivity index (χ3n) is 5.67. The fraction of sp³-hybridized carbons (Fsp3) is 0.148. The molecule has 8 heteroatoms. The van der Waals surface area contributed by atoms with Gasteiger partial charge in [0.1, 0.15) is 17.7 Å². The van der Waals surface area contributed by atoms with Gasteiger partial charge >= 0.3 is 0 Å². The van der Waals surface area contributed by atoms with Gasteiger partial charge in [-0.25, -0.2) is 9.37 Å². The SMILES string of the molecule is Nc1ccc(CNC(=O)[C@H](Cc2cccc3ccccc23)NC(=O)Cc2c(F)cccc2Cl)cn1. The van der Waals surface area contributed by atoms with E-state index in [0.29, 0.717) is 5.82 Å². The van der Waals surface area contributed by atoms with Gasteiger partial charge in [-0.1, -0.05) is 66.2 Å². The Morgan fingerprint density at radius 1 is 1.00 bits per heavy atom. The van der Waals surface area contributed by atoms with Crippen molar-refractivity contribution in [2.75, 3.05) is 5.73 Å². The van der Waals surface area contributed by atoms with Gasteiger partial charge in [-0.15, -0.1) is 0 Å². The van der Waals surface area contributed by atoms with Gasteiger partial charge in [-0.05, 0) is 40.1 Å². The predicted molar refractivity (Wildman–Crippen MR) is 135 cm³/mol. The predicted octanol–water partition coefficient (Wildman–Crippen LogP) is 4.20. The zero-order valence-electron chi connectivity index (χ0n) is 18.8. The number of fused-ring (bicyclic) bond motifs is 1. The first-order chi connectivity index (χ1) is 16.9. The van der Waals surface area contributed by atoms with E-state index in [1.165, 1.54) is 18.2 Å². The molecule has 0 unspecified atom stereocenters. The molecule has 0 saturated carbocycles. The Morgan fingerprint density at radius 3 is 2.54 bits per heavy atom. The number of nitrogens with one attached hydrogen (secondary N) is 2. The van der Waals surface area contributed by atoms with Crippen molar-refractivity contribution in [1.82, 2.24) is 15.6 Å². The van der Waals surface area contributed by atoms with Crippen LogP contribution in [0.5, 0.6) is 0 Å². The molecule has 0 aliphatic heterocycles. The number of carbonyl (C=O) groups is 2. The lowest BCUT2D eigenvalue weighted by atomic mass is 9.98. The van der Waals surface area contributed by atoms with Crippen molar-refractivity contribution in [2.45, 2.75) is 25.4 Å². The van der Waals surface area contributed by atoms with Crippen LogP contribution < -0.4 is 16.4 Å². The molecule has 1 aromatic heterocycles. The molecule has 4 N–H and O–H groups in total. The standard InChI is InChI=1S/C27H24ClFN4O2/c28-22-9-4-10-23(29)21(22)14-26(34)33-24(27(35)32-16-17-11-12-25(30)31-15-17)13-19-7-3-6-18-5-1-2-8-20(18)19/h1-12,15,24H,13-14,16H2,(H2,30,31)(H,32,35)(H,33,34)/t24-/m0/s1. The molecule has 0 saturated heterocycles. The second kappa shape index (κ2) is 11.0. The number of aromatic nitrogens is 1. The van der Waals surface area contributed by atoms with Gasteiger partial charge in [0.25, 0.3) is 0 Å². The number of amides is 2. The second-order valence-corrected chi connectivity index (χ2v) is 8.56. The number of benzene rings is 3. The normalized spacial score (nSPS) is 11.7. The molecule has 4 aromatic rings. The Labute approximate surface area is 207 Å². The van der Waals surface area contributed by atoms with Crippen LogP contribution in [-0.2, 0) is 29.0 Å². The van der Waals surface area contributed by atoms with Gasteiger partial charge in [0.2, 0.25) is 11.8 Å². The smallest absolute Gasteiger partial charge is 0.243 e. The van der Waals surface area contributed by atoms with Crippen LogP contribution in [0.2, 0.25) is 5.02 Å². The first-order valence-corrected chi connectivity index (χ1v) is 11.5. The number of pyridine rings is 1. The minimum atomic E-state index is -0.888. The van der Waals surface area contributed by atoms with Crippen LogP contribution in [0.4, 0.5) is 10.2 Å². The molecule has 3 aromatic carbocycles. The van der Waals surface area contributed by atoms with E-state index in [4.69, 9.17) is 17.3 Å². The fourth-order valence-corrected chi connectivity index (χ4v) is 4.09. The second-order valence-electron chi connectivity index (χ2n) is 8.15. The lowest BCUT2D eigenvalue weighted by Gasteiger charge is -2.20. The van der Waals surface area contributed by atoms with Gasteiger partial charge in [0.15, 0.2) is 0 Å². The molecule has 1 heterocycles. The van der Waals surface area contributed by atoms with Crippen LogP contribution in [-0.4, -0.2) is 22.8 Å². The number of anilines is 1. The van der Waals surface area contributed by atoms with Crippen molar-refractivity contribution in [3.63, 3.8) is 0 Å². The van der Waals surface area contributed by atoms with Crippen LogP contribution in [0.1, 0.15) is 16.7 Å². The minimum absolute atomic E-state index is 0.0870. The van der Waals surface area contributed by atoms with Crippen LogP contribution in [0.25, 0.3) is 10.8 Å². The summed E-state index contributed by atoms with van der Waals surface area (Å²) in [5, 5.41) is 7.79. The molecule has 1 atom stereocenters. The van der Waals surface area contributed by atoms with Crippen LogP contribution in [0.3, 0.4) is 0 Å². The van der Waals surface area contributed by atoms with E-state index in [9.17, 15) is 14.0 Å². The fourth-order valence-electron chi connectivity index (χ4n) is 3.86. The maximum Gasteiger partial charge on any atom is 0.243 e. The Balaban J connectivity index is 1.54. The quantitative estimate of drug-likeness (QED) is 0.345. The van der Waals surface area contributed by atoms with Gasteiger partial charge in [-0.3, -0.25) is 9.59 Å². The summed E-state index contributed by atoms with van der Waals surface area (Å²) in [7, 11) is 0. The van der Waals surface area contributed by atoms with Gasteiger partial charge in [-0.2, -0.15) is 0 Å². The van der Waals surface area contributed by atoms with Crippen molar-refractivity contribution >= 4 is 40.0 Å². The van der Waals surface area contributed by atoms with E-state index in [1.807, 2.05) is 42.5 Å². The van der Waals surface area contributed by atoms with E-state index in [1.54, 1.807) is 18.3 Å². The molecule has 4 rings (SSSR count). The van der Waals surface area contributed by atoms with E-state index in [-0.39, 0.29) is 35.9 Å². The number of hydrogen-bond donors (Lipinski definition) is 3. The molecule has 6 nitrogen and oxygen atoms in total. The molecule has 0 spiro atoms. The maximum absolute atomic E-state index is 14.2. The first-order valence-electron chi connectivity index (χ1n) is 11.1. The molecule has 0 aliphatic carbocycles. The average molecular weight is 491 g/mol. The highest BCUT2D eigenvalue weighted by molar-refractivity contribution is 6.31. The van der Waals surface area contributed by atoms with E-state index < -0.39 is 17.8 Å². The van der Waals surface area contributed by atoms with Crippen molar-refractivity contribution in [1.29, 1.82) is 0 Å². The zero-order valence-corrected chi connectivity index (χ0v) is 19.6. The molecule has 0 aliphatic rings. The van der Waals surface area contributed by atoms with Gasteiger partial charge in [0, 0.05) is 29.7 Å². The van der Waals surface area contributed by atoms with Gasteiger partial charge < -0.3 is 16.4 Å². The maximum atomic E-state index is 14.2. The summed E-state index contributed by atoms with van der Waals surface area (Å²) in [4.78, 5) is 30.1. The number of rotatable bonds is 8. The number of halogens is 2. The van der Waals surface area contributed by atoms with Crippen molar-refractivity contribution in [2.24, 2.45) is 0 Å². The molecule has 0 radical (unpaired) electrons. The Hall–Kier alpha value is -3.97. The summed E-state index contributed by atoms with van der Waals surface area (Å²) in [6.45, 7) is 0.215. The van der Waals surface area contributed by atoms with Crippen LogP contribution in [0, 0.1) is 5.82 Å². The molecule has 0 fully saturated rings. The summed E-state index contributed by atoms with van der Waals surface area (Å²) in [5.74, 6) is -1.07. The van der Waals surface area contributed by atoms with Crippen LogP contribution in [0.15, 0.2) is 79.0 Å². The topological polar surface area (TPSA) is 97.1 Å². The Morgan fingerprint density at radius 2 is 1.77 bits per heavy atom. The molecule has 35 heavy (non-hydrogen) atoms. The Kier molecular flexibility index (Phi) is 7.57. The summed E-state index contributed by atoms with van der Waals surface area (Å²) in [6, 6.07) is 20.4. The van der Waals surface area contributed by atoms with Crippen molar-refractivity contribution in [3.05, 3.63) is 107 Å². The number of carbonyl (C=O) groups excluding carboxylic acids is 2. The highest BCUT2D eigenvalue weighted by Gasteiger charge is 2.23. The zero-order chi connectivity index (χ0) is 24.8. The lowest BCUT2D eigenvalue weighted by molar-refractivity contribution is -0.128. The highest BCUT2D eigenvalue weighted by atomic mass is 35.5. The van der Waals surface area contributed by atoms with Gasteiger partial charge in [0.05, 0.1) is 6.42 Å². The monoisotopic (exact) mass is 490 g/mol. The number of nitrogens with zero attached hydrogens (tertiary/aromatic N) is 1. The number of hydrogen-bond acceptors (Lipinski definition) is 4. The van der Waals surface area contributed by atoms with Crippen molar-refractivity contribution < 1.29 is 14.0 Å². The lowest BCUT2D eigenvalue weighted by Crippen LogP contribution is -2.48. The largest absolute Gasteiger partial charge is 0.384 e. The van der Waals surface area contributed by atoms with E-state index in [0.717, 1.165) is 21.9 Å². The van der Waals surface area contributed by atoms with Crippen LogP contribution >= 0.6 is 11.6 Å². The third kappa shape index (κ3) is 6.13. The molecular weight excluding hydrogens is 467 g/mol. The van der Waals surface area contributed by atoms with E-state index >= 15 is 0 Å². The summed E-state index contributed by atoms with van der Waals surface area (Å²) in [6.07, 6.45) is 1.55. The molecule has 0 bridgehead atoms. The minimum Gasteiger partial charge on any atom is -0.384 e. The number of nitrogens with two attached hydrogens (primary N) is 1. The first kappa shape index (κ1) is 24.2. The molecule has 178 valence electrons. The Bertz CT molecular complexity index is 1340. The van der Waals surface area contributed by atoms with Crippen molar-refractivity contribution in [3.8, 4) is 0 Å². The van der Waals surface area contributed by atoms with E-state index in [2.05, 4.69) is 15.6 Å². The summed E-state index contributed by atoms with van der Waals surface area (Å²) in [5.41, 5.74) is 7.38. The highest BCUT2D eigenvalue weighted by Crippen LogP contribution is 2.21. The average Bonchev–Trinajstić information content (AvgIpc) is 2.85. The molecular formula is C27H24ClFN4O2. The summed E-state index contributed by atoms with van der Waals surface area (Å²) < 4.78 is 14.2. The molecule has 2 amide bonds.